The van der Waals surface area contributed by atoms with Gasteiger partial charge in [0, 0.05) is 0 Å². The van der Waals surface area contributed by atoms with Gasteiger partial charge in [-0.3, -0.25) is 0 Å². The summed E-state index contributed by atoms with van der Waals surface area (Å²) in [5.74, 6) is 1.73. The molecule has 0 amide bonds. The number of ether oxygens (including phenoxy) is 2. The molecule has 0 saturated heterocycles. The summed E-state index contributed by atoms with van der Waals surface area (Å²) in [6.45, 7) is 7.99. The van der Waals surface area contributed by atoms with Gasteiger partial charge in [-0.1, -0.05) is 51.5 Å². The summed E-state index contributed by atoms with van der Waals surface area (Å²) in [6, 6.07) is 6.06. The molecule has 5 heteroatoms. The number of aliphatic hydroxyl groups excluding tert-OH is 2. The van der Waals surface area contributed by atoms with E-state index in [0.717, 1.165) is 44.3 Å². The molecule has 0 aromatic heterocycles. The highest BCUT2D eigenvalue weighted by molar-refractivity contribution is 5.71. The van der Waals surface area contributed by atoms with Crippen LogP contribution in [0, 0.1) is 23.7 Å². The van der Waals surface area contributed by atoms with Gasteiger partial charge in [-0.25, -0.2) is 4.79 Å². The number of benzene rings is 1. The Labute approximate surface area is 199 Å². The first-order valence-corrected chi connectivity index (χ1v) is 12.8. The minimum absolute atomic E-state index is 0.0870. The zero-order chi connectivity index (χ0) is 24.0. The lowest BCUT2D eigenvalue weighted by Gasteiger charge is -2.32. The van der Waals surface area contributed by atoms with Crippen molar-refractivity contribution in [3.63, 3.8) is 0 Å². The fourth-order valence-electron chi connectivity index (χ4n) is 5.33. The summed E-state index contributed by atoms with van der Waals surface area (Å²) < 4.78 is 11.3. The van der Waals surface area contributed by atoms with Crippen LogP contribution in [0.5, 0.6) is 5.75 Å². The van der Waals surface area contributed by atoms with Crippen LogP contribution in [-0.2, 0) is 22.4 Å². The normalized spacial score (nSPS) is 26.2. The summed E-state index contributed by atoms with van der Waals surface area (Å²) in [5, 5.41) is 21.1. The Morgan fingerprint density at radius 2 is 2.03 bits per heavy atom. The molecule has 0 radical (unpaired) electrons. The number of hydrogen-bond donors (Lipinski definition) is 2. The van der Waals surface area contributed by atoms with E-state index < -0.39 is 6.10 Å². The van der Waals surface area contributed by atoms with E-state index in [-0.39, 0.29) is 36.6 Å². The van der Waals surface area contributed by atoms with Crippen LogP contribution in [-0.4, -0.2) is 41.1 Å². The number of unbranched alkanes of at least 4 members (excludes halogenated alkanes) is 1. The fraction of sp³-hybridized carbons (Fsp3) is 0.679. The summed E-state index contributed by atoms with van der Waals surface area (Å²) in [5.41, 5.74) is 2.42. The van der Waals surface area contributed by atoms with Gasteiger partial charge in [0.2, 0.25) is 0 Å². The number of esters is 1. The molecule has 3 rings (SSSR count). The largest absolute Gasteiger partial charge is 0.482 e. The molecule has 1 saturated carbocycles. The monoisotopic (exact) mass is 458 g/mol. The van der Waals surface area contributed by atoms with Crippen molar-refractivity contribution in [3.8, 4) is 5.75 Å². The standard InChI is InChI=1S/C28H42O5/c1-5-6-7-10-22(29)12-13-23-24-14-20-9-8-11-27(25(20)15-21(24)16-26(23)30)32-17-28(31)33-19(4)18(2)3/h7-11,18-19,21-24,26,29-30H,5-6,12-17H2,1-4H3/b10-7+/t19?,21-,22-,23+,24-,26+/m0/s1. The molecule has 0 aliphatic heterocycles. The third-order valence-electron chi connectivity index (χ3n) is 7.56. The molecule has 1 unspecified atom stereocenters. The van der Waals surface area contributed by atoms with Crippen LogP contribution in [0.4, 0.5) is 0 Å². The summed E-state index contributed by atoms with van der Waals surface area (Å²) in [4.78, 5) is 12.2. The number of hydrogen-bond acceptors (Lipinski definition) is 5. The molecular formula is C28H42O5. The van der Waals surface area contributed by atoms with E-state index in [2.05, 4.69) is 19.1 Å². The molecule has 0 bridgehead atoms. The number of aliphatic hydroxyl groups is 2. The van der Waals surface area contributed by atoms with Crippen molar-refractivity contribution in [1.29, 1.82) is 0 Å². The van der Waals surface area contributed by atoms with E-state index >= 15 is 0 Å². The van der Waals surface area contributed by atoms with Crippen LogP contribution >= 0.6 is 0 Å². The number of allylic oxidation sites excluding steroid dienone is 1. The van der Waals surface area contributed by atoms with E-state index in [1.807, 2.05) is 39.0 Å². The van der Waals surface area contributed by atoms with Crippen LogP contribution in [0.3, 0.4) is 0 Å². The minimum atomic E-state index is -0.433. The number of fused-ring (bicyclic) bond motifs is 2. The topological polar surface area (TPSA) is 76.0 Å². The average Bonchev–Trinajstić information content (AvgIpc) is 3.08. The Morgan fingerprint density at radius 3 is 2.76 bits per heavy atom. The van der Waals surface area contributed by atoms with Gasteiger partial charge in [-0.15, -0.1) is 0 Å². The van der Waals surface area contributed by atoms with E-state index in [9.17, 15) is 15.0 Å². The molecule has 1 aromatic rings. The Morgan fingerprint density at radius 1 is 1.24 bits per heavy atom. The van der Waals surface area contributed by atoms with Crippen molar-refractivity contribution >= 4 is 5.97 Å². The first-order valence-electron chi connectivity index (χ1n) is 12.8. The zero-order valence-electron chi connectivity index (χ0n) is 20.7. The molecule has 1 fully saturated rings. The Hall–Kier alpha value is -1.85. The molecule has 184 valence electrons. The van der Waals surface area contributed by atoms with E-state index in [0.29, 0.717) is 18.3 Å². The van der Waals surface area contributed by atoms with Crippen molar-refractivity contribution in [2.45, 2.75) is 91.0 Å². The maximum Gasteiger partial charge on any atom is 0.344 e. The second kappa shape index (κ2) is 12.0. The highest BCUT2D eigenvalue weighted by Gasteiger charge is 2.44. The molecule has 2 N–H and O–H groups in total. The van der Waals surface area contributed by atoms with Gasteiger partial charge in [0.25, 0.3) is 0 Å². The predicted octanol–water partition coefficient (Wildman–Crippen LogP) is 4.86. The Balaban J connectivity index is 1.60. The van der Waals surface area contributed by atoms with Gasteiger partial charge < -0.3 is 19.7 Å². The SMILES string of the molecule is CCC/C=C/[C@H](O)CC[C@@H]1[C@H]2Cc3cccc(OCC(=O)OC(C)C(C)C)c3C[C@H]2C[C@H]1O. The van der Waals surface area contributed by atoms with Crippen molar-refractivity contribution in [3.05, 3.63) is 41.5 Å². The van der Waals surface area contributed by atoms with Gasteiger partial charge >= 0.3 is 5.97 Å². The molecule has 2 aliphatic rings. The highest BCUT2D eigenvalue weighted by atomic mass is 16.6. The maximum atomic E-state index is 12.2. The van der Waals surface area contributed by atoms with Gasteiger partial charge in [0.05, 0.1) is 12.2 Å². The highest BCUT2D eigenvalue weighted by Crippen LogP contribution is 2.48. The molecule has 2 aliphatic carbocycles. The lowest BCUT2D eigenvalue weighted by Crippen LogP contribution is -2.28. The maximum absolute atomic E-state index is 12.2. The average molecular weight is 459 g/mol. The molecule has 33 heavy (non-hydrogen) atoms. The Bertz CT molecular complexity index is 801. The van der Waals surface area contributed by atoms with Crippen LogP contribution in [0.25, 0.3) is 0 Å². The van der Waals surface area contributed by atoms with Crippen LogP contribution < -0.4 is 4.74 Å². The predicted molar refractivity (Wildman–Crippen MR) is 130 cm³/mol. The molecule has 6 atom stereocenters. The van der Waals surface area contributed by atoms with Crippen molar-refractivity contribution in [1.82, 2.24) is 0 Å². The number of carbonyl (C=O) groups excluding carboxylic acids is 1. The Kier molecular flexibility index (Phi) is 9.39. The first-order chi connectivity index (χ1) is 15.8. The molecule has 5 nitrogen and oxygen atoms in total. The molecule has 1 aromatic carbocycles. The van der Waals surface area contributed by atoms with E-state index in [1.54, 1.807) is 0 Å². The minimum Gasteiger partial charge on any atom is -0.482 e. The second-order valence-electron chi connectivity index (χ2n) is 10.3. The first kappa shape index (κ1) is 25.8. The third-order valence-corrected chi connectivity index (χ3v) is 7.56. The quantitative estimate of drug-likeness (QED) is 0.366. The van der Waals surface area contributed by atoms with Crippen molar-refractivity contribution in [2.75, 3.05) is 6.61 Å². The summed E-state index contributed by atoms with van der Waals surface area (Å²) in [7, 11) is 0. The van der Waals surface area contributed by atoms with Gasteiger partial charge in [0.15, 0.2) is 6.61 Å². The van der Waals surface area contributed by atoms with E-state index in [1.165, 1.54) is 11.1 Å². The number of carbonyl (C=O) groups is 1. The smallest absolute Gasteiger partial charge is 0.344 e. The van der Waals surface area contributed by atoms with Gasteiger partial charge in [0.1, 0.15) is 11.9 Å². The summed E-state index contributed by atoms with van der Waals surface area (Å²) >= 11 is 0. The summed E-state index contributed by atoms with van der Waals surface area (Å²) in [6.07, 6.45) is 9.23. The van der Waals surface area contributed by atoms with Gasteiger partial charge in [-0.2, -0.15) is 0 Å². The lowest BCUT2D eigenvalue weighted by atomic mass is 9.73. The number of rotatable bonds is 11. The van der Waals surface area contributed by atoms with Crippen molar-refractivity contribution in [2.24, 2.45) is 23.7 Å². The van der Waals surface area contributed by atoms with E-state index in [4.69, 9.17) is 9.47 Å². The van der Waals surface area contributed by atoms with Crippen LogP contribution in [0.2, 0.25) is 0 Å². The van der Waals surface area contributed by atoms with Crippen LogP contribution in [0.15, 0.2) is 30.4 Å². The third kappa shape index (κ3) is 6.83. The van der Waals surface area contributed by atoms with Crippen LogP contribution in [0.1, 0.15) is 70.9 Å². The van der Waals surface area contributed by atoms with Gasteiger partial charge in [-0.05, 0) is 86.3 Å². The molecular weight excluding hydrogens is 416 g/mol. The fourth-order valence-corrected chi connectivity index (χ4v) is 5.33. The molecule has 0 spiro atoms. The second-order valence-corrected chi connectivity index (χ2v) is 10.3. The van der Waals surface area contributed by atoms with Crippen molar-refractivity contribution < 1.29 is 24.5 Å². The molecule has 0 heterocycles. The zero-order valence-corrected chi connectivity index (χ0v) is 20.7. The lowest BCUT2D eigenvalue weighted by molar-refractivity contribution is -0.152.